The molecule has 0 saturated heterocycles. The number of pyridine rings is 1. The summed E-state index contributed by atoms with van der Waals surface area (Å²) in [7, 11) is 0. The minimum atomic E-state index is -0.596. The lowest BCUT2D eigenvalue weighted by Crippen LogP contribution is -2.30. The second kappa shape index (κ2) is 7.12. The van der Waals surface area contributed by atoms with Crippen molar-refractivity contribution in [1.29, 1.82) is 0 Å². The summed E-state index contributed by atoms with van der Waals surface area (Å²) in [5.74, 6) is -0.907. The predicted molar refractivity (Wildman–Crippen MR) is 98.4 cm³/mol. The molecule has 1 amide bonds. The zero-order valence-electron chi connectivity index (χ0n) is 15.1. The summed E-state index contributed by atoms with van der Waals surface area (Å²) in [6, 6.07) is 10.9. The van der Waals surface area contributed by atoms with Crippen LogP contribution < -0.4 is 0 Å². The summed E-state index contributed by atoms with van der Waals surface area (Å²) < 4.78 is 0. The lowest BCUT2D eigenvalue weighted by atomic mass is 9.94. The largest absolute Gasteiger partial charge is 0.503 e. The molecule has 0 saturated carbocycles. The van der Waals surface area contributed by atoms with E-state index in [4.69, 9.17) is 0 Å². The number of benzene rings is 1. The Morgan fingerprint density at radius 2 is 1.92 bits per heavy atom. The highest BCUT2D eigenvalue weighted by atomic mass is 16.3. The van der Waals surface area contributed by atoms with E-state index < -0.39 is 17.7 Å². The maximum Gasteiger partial charge on any atom is 0.290 e. The number of carbonyl (C=O) groups excluding carboxylic acids is 2. The molecule has 0 radical (unpaired) electrons. The number of amides is 1. The lowest BCUT2D eigenvalue weighted by molar-refractivity contribution is -0.130. The molecular formula is C21H22N2O3. The summed E-state index contributed by atoms with van der Waals surface area (Å²) in [6.45, 7) is 5.86. The molecule has 1 N–H and O–H groups in total. The maximum absolute atomic E-state index is 12.6. The molecule has 1 atom stereocenters. The molecule has 3 rings (SSSR count). The van der Waals surface area contributed by atoms with Gasteiger partial charge in [-0.25, -0.2) is 0 Å². The summed E-state index contributed by atoms with van der Waals surface area (Å²) in [5, 5.41) is 10.3. The molecule has 0 spiro atoms. The van der Waals surface area contributed by atoms with Gasteiger partial charge in [0.1, 0.15) is 0 Å². The van der Waals surface area contributed by atoms with Crippen LogP contribution in [0, 0.1) is 0 Å². The number of ketones is 1. The fraction of sp³-hybridized carbons (Fsp3) is 0.286. The van der Waals surface area contributed by atoms with E-state index in [1.54, 1.807) is 18.5 Å². The monoisotopic (exact) mass is 350 g/mol. The molecule has 0 unspecified atom stereocenters. The van der Waals surface area contributed by atoms with Gasteiger partial charge in [0.05, 0.1) is 11.6 Å². The van der Waals surface area contributed by atoms with E-state index in [0.717, 1.165) is 11.1 Å². The van der Waals surface area contributed by atoms with Gasteiger partial charge in [0.2, 0.25) is 0 Å². The summed E-state index contributed by atoms with van der Waals surface area (Å²) >= 11 is 0. The first kappa shape index (κ1) is 17.9. The minimum Gasteiger partial charge on any atom is -0.503 e. The van der Waals surface area contributed by atoms with E-state index in [2.05, 4.69) is 18.8 Å². The molecule has 0 fully saturated rings. The van der Waals surface area contributed by atoms with E-state index in [0.29, 0.717) is 5.92 Å². The van der Waals surface area contributed by atoms with Crippen molar-refractivity contribution < 1.29 is 14.7 Å². The van der Waals surface area contributed by atoms with Crippen molar-refractivity contribution in [2.75, 3.05) is 0 Å². The van der Waals surface area contributed by atoms with Crippen LogP contribution in [0.3, 0.4) is 0 Å². The number of nitrogens with zero attached hydrogens (tertiary/aromatic N) is 2. The summed E-state index contributed by atoms with van der Waals surface area (Å²) in [4.78, 5) is 30.4. The average Bonchev–Trinajstić information content (AvgIpc) is 2.87. The van der Waals surface area contributed by atoms with Gasteiger partial charge in [0.25, 0.3) is 5.91 Å². The maximum atomic E-state index is 12.6. The summed E-state index contributed by atoms with van der Waals surface area (Å²) in [5.41, 5.74) is 2.97. The molecule has 26 heavy (non-hydrogen) atoms. The fourth-order valence-electron chi connectivity index (χ4n) is 3.27. The third-order valence-electron chi connectivity index (χ3n) is 4.68. The Balaban J connectivity index is 2.02. The topological polar surface area (TPSA) is 70.5 Å². The number of rotatable bonds is 5. The van der Waals surface area contributed by atoms with Gasteiger partial charge < -0.3 is 10.0 Å². The lowest BCUT2D eigenvalue weighted by Gasteiger charge is -2.27. The van der Waals surface area contributed by atoms with E-state index in [1.165, 1.54) is 17.4 Å². The van der Waals surface area contributed by atoms with Gasteiger partial charge >= 0.3 is 0 Å². The standard InChI is InChI=1S/C21H22N2O3/c1-13(2)16-6-8-17(9-7-16)19-18(14(3)24)20(25)21(26)23(19)12-15-5-4-10-22-11-15/h4-11,13,19,25H,12H2,1-3H3/t19-/m0/s1. The molecule has 1 aliphatic heterocycles. The van der Waals surface area contributed by atoms with Gasteiger partial charge in [-0.1, -0.05) is 44.2 Å². The highest BCUT2D eigenvalue weighted by Crippen LogP contribution is 2.38. The Hall–Kier alpha value is -2.95. The second-order valence-corrected chi connectivity index (χ2v) is 6.84. The van der Waals surface area contributed by atoms with Crippen molar-refractivity contribution >= 4 is 11.7 Å². The van der Waals surface area contributed by atoms with Crippen molar-refractivity contribution in [3.05, 3.63) is 76.8 Å². The quantitative estimate of drug-likeness (QED) is 0.893. The first-order valence-corrected chi connectivity index (χ1v) is 8.64. The predicted octanol–water partition coefficient (Wildman–Crippen LogP) is 3.69. The smallest absolute Gasteiger partial charge is 0.290 e. The van der Waals surface area contributed by atoms with E-state index >= 15 is 0 Å². The van der Waals surface area contributed by atoms with Crippen LogP contribution in [0.5, 0.6) is 0 Å². The van der Waals surface area contributed by atoms with Crippen molar-refractivity contribution in [3.8, 4) is 0 Å². The van der Waals surface area contributed by atoms with Crippen molar-refractivity contribution in [1.82, 2.24) is 9.88 Å². The Labute approximate surface area is 153 Å². The molecule has 1 aromatic heterocycles. The number of aromatic nitrogens is 1. The molecule has 134 valence electrons. The van der Waals surface area contributed by atoms with Crippen LogP contribution in [-0.2, 0) is 16.1 Å². The molecule has 5 heteroatoms. The zero-order chi connectivity index (χ0) is 18.8. The highest BCUT2D eigenvalue weighted by molar-refractivity contribution is 6.08. The van der Waals surface area contributed by atoms with Crippen molar-refractivity contribution in [3.63, 3.8) is 0 Å². The van der Waals surface area contributed by atoms with Crippen LogP contribution in [0.15, 0.2) is 60.1 Å². The number of aliphatic hydroxyl groups is 1. The number of hydrogen-bond acceptors (Lipinski definition) is 4. The van der Waals surface area contributed by atoms with Gasteiger partial charge in [-0.15, -0.1) is 0 Å². The van der Waals surface area contributed by atoms with Crippen molar-refractivity contribution in [2.45, 2.75) is 39.3 Å². The van der Waals surface area contributed by atoms with E-state index in [-0.39, 0.29) is 17.9 Å². The molecule has 2 heterocycles. The number of Topliss-reactive ketones (excluding diaryl/α,β-unsaturated/α-hetero) is 1. The van der Waals surface area contributed by atoms with Crippen LogP contribution in [0.25, 0.3) is 0 Å². The number of carbonyl (C=O) groups is 2. The van der Waals surface area contributed by atoms with Crippen LogP contribution in [-0.4, -0.2) is 26.7 Å². The molecule has 1 aromatic carbocycles. The molecule has 5 nitrogen and oxygen atoms in total. The van der Waals surface area contributed by atoms with E-state index in [1.807, 2.05) is 30.3 Å². The Kier molecular flexibility index (Phi) is 4.89. The summed E-state index contributed by atoms with van der Waals surface area (Å²) in [6.07, 6.45) is 3.34. The Morgan fingerprint density at radius 3 is 2.46 bits per heavy atom. The first-order chi connectivity index (χ1) is 12.4. The van der Waals surface area contributed by atoms with Gasteiger partial charge in [0, 0.05) is 18.9 Å². The normalized spacial score (nSPS) is 17.3. The molecule has 2 aromatic rings. The molecule has 1 aliphatic rings. The van der Waals surface area contributed by atoms with Crippen LogP contribution in [0.1, 0.15) is 49.4 Å². The van der Waals surface area contributed by atoms with Gasteiger partial charge in [-0.3, -0.25) is 14.6 Å². The third-order valence-corrected chi connectivity index (χ3v) is 4.68. The minimum absolute atomic E-state index is 0.149. The van der Waals surface area contributed by atoms with Gasteiger partial charge in [-0.05, 0) is 35.6 Å². The van der Waals surface area contributed by atoms with Crippen molar-refractivity contribution in [2.24, 2.45) is 0 Å². The zero-order valence-corrected chi connectivity index (χ0v) is 15.1. The SMILES string of the molecule is CC(=O)C1=C(O)C(=O)N(Cc2cccnc2)[C@H]1c1ccc(C(C)C)cc1. The van der Waals surface area contributed by atoms with Crippen LogP contribution in [0.2, 0.25) is 0 Å². The molecular weight excluding hydrogens is 328 g/mol. The second-order valence-electron chi connectivity index (χ2n) is 6.84. The number of hydrogen-bond donors (Lipinski definition) is 1. The van der Waals surface area contributed by atoms with Crippen LogP contribution >= 0.6 is 0 Å². The van der Waals surface area contributed by atoms with Gasteiger partial charge in [0.15, 0.2) is 11.5 Å². The van der Waals surface area contributed by atoms with E-state index in [9.17, 15) is 14.7 Å². The number of aliphatic hydroxyl groups excluding tert-OH is 1. The third kappa shape index (κ3) is 3.25. The highest BCUT2D eigenvalue weighted by Gasteiger charge is 2.42. The molecule has 0 bridgehead atoms. The fourth-order valence-corrected chi connectivity index (χ4v) is 3.27. The van der Waals surface area contributed by atoms with Crippen LogP contribution in [0.4, 0.5) is 0 Å². The first-order valence-electron chi connectivity index (χ1n) is 8.64. The molecule has 0 aliphatic carbocycles. The average molecular weight is 350 g/mol. The Bertz CT molecular complexity index is 855. The van der Waals surface area contributed by atoms with Gasteiger partial charge in [-0.2, -0.15) is 0 Å². The Morgan fingerprint density at radius 1 is 1.23 bits per heavy atom.